The molecule has 0 radical (unpaired) electrons. The van der Waals surface area contributed by atoms with Gasteiger partial charge in [-0.3, -0.25) is 20.2 Å². The molecule has 0 unspecified atom stereocenters. The highest BCUT2D eigenvalue weighted by molar-refractivity contribution is 6.29. The predicted molar refractivity (Wildman–Crippen MR) is 77.2 cm³/mol. The van der Waals surface area contributed by atoms with Crippen molar-refractivity contribution in [3.63, 3.8) is 0 Å². The van der Waals surface area contributed by atoms with Gasteiger partial charge in [-0.1, -0.05) is 23.7 Å². The van der Waals surface area contributed by atoms with Crippen LogP contribution in [0.1, 0.15) is 11.3 Å². The number of aryl methyl sites for hydroxylation is 1. The van der Waals surface area contributed by atoms with Gasteiger partial charge in [0.2, 0.25) is 11.9 Å². The van der Waals surface area contributed by atoms with Crippen molar-refractivity contribution >= 4 is 29.1 Å². The smallest absolute Gasteiger partial charge is 0.269 e. The number of anilines is 1. The lowest BCUT2D eigenvalue weighted by Gasteiger charge is -2.05. The molecule has 0 aliphatic carbocycles. The van der Waals surface area contributed by atoms with Gasteiger partial charge >= 0.3 is 0 Å². The van der Waals surface area contributed by atoms with Gasteiger partial charge in [-0.05, 0) is 18.6 Å². The van der Waals surface area contributed by atoms with Crippen LogP contribution in [0.15, 0.2) is 30.3 Å². The molecule has 0 saturated carbocycles. The van der Waals surface area contributed by atoms with Crippen LogP contribution in [0.4, 0.5) is 11.6 Å². The summed E-state index contributed by atoms with van der Waals surface area (Å²) in [5, 5.41) is 13.4. The number of nitrogens with one attached hydrogen (secondary N) is 1. The van der Waals surface area contributed by atoms with E-state index in [1.807, 2.05) is 0 Å². The summed E-state index contributed by atoms with van der Waals surface area (Å²) < 4.78 is 0. The third-order valence-electron chi connectivity index (χ3n) is 2.56. The first-order valence-electron chi connectivity index (χ1n) is 5.98. The lowest BCUT2D eigenvalue weighted by atomic mass is 10.1. The summed E-state index contributed by atoms with van der Waals surface area (Å²) in [5.74, 6) is -0.271. The van der Waals surface area contributed by atoms with Crippen LogP contribution >= 0.6 is 11.6 Å². The van der Waals surface area contributed by atoms with E-state index in [-0.39, 0.29) is 29.1 Å². The van der Waals surface area contributed by atoms with Crippen LogP contribution < -0.4 is 5.32 Å². The third-order valence-corrected chi connectivity index (χ3v) is 2.75. The summed E-state index contributed by atoms with van der Waals surface area (Å²) in [6.07, 6.45) is -0.0173. The zero-order valence-corrected chi connectivity index (χ0v) is 11.8. The molecule has 0 aliphatic heterocycles. The molecule has 8 heteroatoms. The monoisotopic (exact) mass is 306 g/mol. The van der Waals surface area contributed by atoms with E-state index in [2.05, 4.69) is 15.3 Å². The first-order valence-corrected chi connectivity index (χ1v) is 6.36. The molecule has 2 rings (SSSR count). The molecule has 1 amide bonds. The van der Waals surface area contributed by atoms with E-state index in [0.717, 1.165) is 0 Å². The number of rotatable bonds is 4. The van der Waals surface area contributed by atoms with Crippen molar-refractivity contribution in [1.82, 2.24) is 9.97 Å². The molecule has 1 N–H and O–H groups in total. The van der Waals surface area contributed by atoms with Crippen molar-refractivity contribution in [2.45, 2.75) is 13.3 Å². The highest BCUT2D eigenvalue weighted by atomic mass is 35.5. The molecule has 2 aromatic rings. The van der Waals surface area contributed by atoms with Gasteiger partial charge in [0.1, 0.15) is 5.15 Å². The van der Waals surface area contributed by atoms with Gasteiger partial charge in [-0.15, -0.1) is 0 Å². The summed E-state index contributed by atoms with van der Waals surface area (Å²) in [6.45, 7) is 1.73. The molecule has 7 nitrogen and oxygen atoms in total. The van der Waals surface area contributed by atoms with Crippen LogP contribution in [0.3, 0.4) is 0 Å². The minimum absolute atomic E-state index is 0.0173. The first-order chi connectivity index (χ1) is 9.94. The Labute approximate surface area is 125 Å². The van der Waals surface area contributed by atoms with Crippen molar-refractivity contribution in [2.75, 3.05) is 5.32 Å². The number of nitro groups is 1. The van der Waals surface area contributed by atoms with Gasteiger partial charge < -0.3 is 0 Å². The fourth-order valence-corrected chi connectivity index (χ4v) is 1.96. The number of aromatic nitrogens is 2. The summed E-state index contributed by atoms with van der Waals surface area (Å²) in [4.78, 5) is 29.9. The molecule has 0 atom stereocenters. The zero-order chi connectivity index (χ0) is 15.4. The Morgan fingerprint density at radius 2 is 2.14 bits per heavy atom. The maximum Gasteiger partial charge on any atom is 0.269 e. The Bertz CT molecular complexity index is 685. The number of benzene rings is 1. The summed E-state index contributed by atoms with van der Waals surface area (Å²) in [5.41, 5.74) is 1.09. The van der Waals surface area contributed by atoms with Crippen LogP contribution in [-0.4, -0.2) is 20.8 Å². The summed E-state index contributed by atoms with van der Waals surface area (Å²) in [6, 6.07) is 7.45. The van der Waals surface area contributed by atoms with Crippen LogP contribution in [0, 0.1) is 17.0 Å². The van der Waals surface area contributed by atoms with Crippen LogP contribution in [-0.2, 0) is 11.2 Å². The molecule has 1 heterocycles. The zero-order valence-electron chi connectivity index (χ0n) is 11.0. The molecule has 0 aliphatic rings. The second kappa shape index (κ2) is 6.27. The molecular formula is C13H11ClN4O3. The second-order valence-electron chi connectivity index (χ2n) is 4.31. The maximum absolute atomic E-state index is 11.9. The Morgan fingerprint density at radius 1 is 1.38 bits per heavy atom. The average molecular weight is 307 g/mol. The van der Waals surface area contributed by atoms with Crippen molar-refractivity contribution in [3.05, 3.63) is 56.9 Å². The second-order valence-corrected chi connectivity index (χ2v) is 4.69. The number of halogens is 1. The molecule has 21 heavy (non-hydrogen) atoms. The highest BCUT2D eigenvalue weighted by Crippen LogP contribution is 2.14. The van der Waals surface area contributed by atoms with E-state index in [1.54, 1.807) is 19.1 Å². The normalized spacial score (nSPS) is 10.2. The van der Waals surface area contributed by atoms with Gasteiger partial charge in [0, 0.05) is 17.8 Å². The standard InChI is InChI=1S/C13H11ClN4O3/c1-8-5-11(14)16-13(15-8)17-12(19)7-9-3-2-4-10(6-9)18(20)21/h2-6H,7H2,1H3,(H,15,16,17,19). The van der Waals surface area contributed by atoms with Crippen LogP contribution in [0.5, 0.6) is 0 Å². The Kier molecular flexibility index (Phi) is 4.44. The van der Waals surface area contributed by atoms with Gasteiger partial charge in [0.05, 0.1) is 11.3 Å². The molecule has 1 aromatic heterocycles. The number of hydrogen-bond acceptors (Lipinski definition) is 5. The van der Waals surface area contributed by atoms with Gasteiger partial charge in [0.25, 0.3) is 5.69 Å². The topological polar surface area (TPSA) is 98.0 Å². The number of carbonyl (C=O) groups excluding carboxylic acids is 1. The minimum atomic E-state index is -0.509. The number of amides is 1. The first kappa shape index (κ1) is 14.9. The van der Waals surface area contributed by atoms with E-state index < -0.39 is 4.92 Å². The Morgan fingerprint density at radius 3 is 2.81 bits per heavy atom. The van der Waals surface area contributed by atoms with Crippen LogP contribution in [0.2, 0.25) is 5.15 Å². The van der Waals surface area contributed by atoms with Crippen molar-refractivity contribution in [3.8, 4) is 0 Å². The SMILES string of the molecule is Cc1cc(Cl)nc(NC(=O)Cc2cccc([N+](=O)[O-])c2)n1. The van der Waals surface area contributed by atoms with Crippen molar-refractivity contribution in [1.29, 1.82) is 0 Å². The fraction of sp³-hybridized carbons (Fsp3) is 0.154. The van der Waals surface area contributed by atoms with Gasteiger partial charge in [0.15, 0.2) is 0 Å². The third kappa shape index (κ3) is 4.22. The minimum Gasteiger partial charge on any atom is -0.294 e. The summed E-state index contributed by atoms with van der Waals surface area (Å²) in [7, 11) is 0. The quantitative estimate of drug-likeness (QED) is 0.531. The number of nitrogens with zero attached hydrogens (tertiary/aromatic N) is 3. The van der Waals surface area contributed by atoms with Crippen LogP contribution in [0.25, 0.3) is 0 Å². The molecule has 108 valence electrons. The van der Waals surface area contributed by atoms with Gasteiger partial charge in [-0.25, -0.2) is 9.97 Å². The molecule has 0 fully saturated rings. The molecule has 0 saturated heterocycles. The van der Waals surface area contributed by atoms with E-state index >= 15 is 0 Å². The molecular weight excluding hydrogens is 296 g/mol. The van der Waals surface area contributed by atoms with E-state index in [0.29, 0.717) is 11.3 Å². The molecule has 1 aromatic carbocycles. The molecule has 0 bridgehead atoms. The number of hydrogen-bond donors (Lipinski definition) is 1. The highest BCUT2D eigenvalue weighted by Gasteiger charge is 2.10. The summed E-state index contributed by atoms with van der Waals surface area (Å²) >= 11 is 5.77. The predicted octanol–water partition coefficient (Wildman–Crippen LogP) is 2.53. The fourth-order valence-electron chi connectivity index (χ4n) is 1.72. The lowest BCUT2D eigenvalue weighted by molar-refractivity contribution is -0.384. The Balaban J connectivity index is 2.08. The van der Waals surface area contributed by atoms with Crippen molar-refractivity contribution in [2.24, 2.45) is 0 Å². The lowest BCUT2D eigenvalue weighted by Crippen LogP contribution is -2.16. The number of non-ortho nitro benzene ring substituents is 1. The average Bonchev–Trinajstić information content (AvgIpc) is 2.37. The van der Waals surface area contributed by atoms with Gasteiger partial charge in [-0.2, -0.15) is 0 Å². The molecule has 0 spiro atoms. The number of carbonyl (C=O) groups is 1. The largest absolute Gasteiger partial charge is 0.294 e. The van der Waals surface area contributed by atoms with E-state index in [4.69, 9.17) is 11.6 Å². The van der Waals surface area contributed by atoms with E-state index in [9.17, 15) is 14.9 Å². The Hall–Kier alpha value is -2.54. The maximum atomic E-state index is 11.9. The van der Waals surface area contributed by atoms with E-state index in [1.165, 1.54) is 18.2 Å². The number of nitro benzene ring substituents is 1. The van der Waals surface area contributed by atoms with Crippen molar-refractivity contribution < 1.29 is 9.72 Å².